The molecule has 96 valence electrons. The number of hydrogen-bond acceptors (Lipinski definition) is 6. The molecule has 0 atom stereocenters. The molecule has 8 nitrogen and oxygen atoms in total. The number of aryl methyl sites for hydroxylation is 2. The molecule has 2 aromatic rings. The molecule has 0 aliphatic heterocycles. The molecule has 0 amide bonds. The third-order valence-electron chi connectivity index (χ3n) is 2.61. The van der Waals surface area contributed by atoms with Gasteiger partial charge < -0.3 is 15.0 Å². The second kappa shape index (κ2) is 4.86. The van der Waals surface area contributed by atoms with Crippen LogP contribution in [-0.2, 0) is 17.7 Å². The lowest BCUT2D eigenvalue weighted by Gasteiger charge is -2.05. The summed E-state index contributed by atoms with van der Waals surface area (Å²) in [5.74, 6) is 1.18. The number of aromatic nitrogens is 5. The zero-order chi connectivity index (χ0) is 13.1. The summed E-state index contributed by atoms with van der Waals surface area (Å²) < 4.78 is 6.36. The number of hydrogen-bond donors (Lipinski definition) is 2. The molecule has 0 radical (unpaired) electrons. The van der Waals surface area contributed by atoms with Crippen LogP contribution in [0.2, 0.25) is 0 Å². The lowest BCUT2D eigenvalue weighted by molar-refractivity contribution is 0.0595. The quantitative estimate of drug-likeness (QED) is 0.734. The molecule has 2 rings (SSSR count). The van der Waals surface area contributed by atoms with Crippen molar-refractivity contribution in [2.45, 2.75) is 19.9 Å². The summed E-state index contributed by atoms with van der Waals surface area (Å²) in [4.78, 5) is 19.5. The van der Waals surface area contributed by atoms with Gasteiger partial charge in [-0.2, -0.15) is 5.10 Å². The molecule has 18 heavy (non-hydrogen) atoms. The second-order valence-corrected chi connectivity index (χ2v) is 3.72. The zero-order valence-electron chi connectivity index (χ0n) is 10.2. The molecular weight excluding hydrogens is 236 g/mol. The van der Waals surface area contributed by atoms with Crippen LogP contribution in [0.3, 0.4) is 0 Å². The van der Waals surface area contributed by atoms with Crippen molar-refractivity contribution in [3.05, 3.63) is 23.7 Å². The Labute approximate surface area is 103 Å². The molecule has 0 fully saturated rings. The number of anilines is 1. The second-order valence-electron chi connectivity index (χ2n) is 3.72. The molecular formula is C10H14N6O2. The van der Waals surface area contributed by atoms with E-state index in [0.29, 0.717) is 24.6 Å². The fraction of sp³-hybridized carbons (Fsp3) is 0.400. The minimum atomic E-state index is -0.533. The first kappa shape index (κ1) is 12.1. The van der Waals surface area contributed by atoms with Gasteiger partial charge in [0.05, 0.1) is 7.11 Å². The summed E-state index contributed by atoms with van der Waals surface area (Å²) in [6.45, 7) is 2.35. The topological polar surface area (TPSA) is 112 Å². The van der Waals surface area contributed by atoms with Crippen molar-refractivity contribution in [3.63, 3.8) is 0 Å². The smallest absolute Gasteiger partial charge is 0.360 e. The van der Waals surface area contributed by atoms with Gasteiger partial charge in [0.15, 0.2) is 5.69 Å². The predicted molar refractivity (Wildman–Crippen MR) is 62.8 cm³/mol. The van der Waals surface area contributed by atoms with E-state index in [0.717, 1.165) is 5.82 Å². The van der Waals surface area contributed by atoms with Gasteiger partial charge in [-0.25, -0.2) is 14.8 Å². The number of imidazole rings is 1. The number of nitrogens with one attached hydrogen (secondary N) is 1. The standard InChI is InChI=1S/C10H14N6O2/c1-6-14-8(10(17)18-2)9(11)16(6)4-3-7-12-5-13-15-7/h5H,3-4,11H2,1-2H3,(H,12,13,15). The van der Waals surface area contributed by atoms with Crippen molar-refractivity contribution in [3.8, 4) is 0 Å². The van der Waals surface area contributed by atoms with E-state index in [-0.39, 0.29) is 5.69 Å². The number of ether oxygens (including phenoxy) is 1. The Balaban J connectivity index is 2.18. The number of carbonyl (C=O) groups is 1. The maximum absolute atomic E-state index is 11.4. The van der Waals surface area contributed by atoms with E-state index in [9.17, 15) is 4.79 Å². The minimum absolute atomic E-state index is 0.146. The molecule has 0 saturated carbocycles. The Morgan fingerprint density at radius 2 is 2.39 bits per heavy atom. The van der Waals surface area contributed by atoms with Crippen LogP contribution < -0.4 is 5.73 Å². The van der Waals surface area contributed by atoms with Crippen molar-refractivity contribution in [2.75, 3.05) is 12.8 Å². The summed E-state index contributed by atoms with van der Waals surface area (Å²) in [5.41, 5.74) is 6.02. The number of nitrogens with two attached hydrogens (primary N) is 1. The molecule has 0 spiro atoms. The Morgan fingerprint density at radius 1 is 1.61 bits per heavy atom. The Morgan fingerprint density at radius 3 is 3.00 bits per heavy atom. The normalized spacial score (nSPS) is 10.6. The highest BCUT2D eigenvalue weighted by Gasteiger charge is 2.18. The van der Waals surface area contributed by atoms with Crippen LogP contribution in [0, 0.1) is 6.92 Å². The average Bonchev–Trinajstić information content (AvgIpc) is 2.96. The molecule has 0 aliphatic rings. The number of H-pyrrole nitrogens is 1. The lowest BCUT2D eigenvalue weighted by Crippen LogP contribution is -2.10. The average molecular weight is 250 g/mol. The van der Waals surface area contributed by atoms with Crippen LogP contribution in [0.25, 0.3) is 0 Å². The van der Waals surface area contributed by atoms with Crippen LogP contribution in [-0.4, -0.2) is 37.8 Å². The van der Waals surface area contributed by atoms with E-state index in [1.807, 2.05) is 0 Å². The van der Waals surface area contributed by atoms with Crippen LogP contribution in [0.5, 0.6) is 0 Å². The van der Waals surface area contributed by atoms with Crippen LogP contribution >= 0.6 is 0 Å². The Bertz CT molecular complexity index is 545. The number of esters is 1. The van der Waals surface area contributed by atoms with E-state index < -0.39 is 5.97 Å². The number of nitrogens with zero attached hydrogens (tertiary/aromatic N) is 4. The summed E-state index contributed by atoms with van der Waals surface area (Å²) in [6.07, 6.45) is 2.07. The third-order valence-corrected chi connectivity index (χ3v) is 2.61. The number of nitrogen functional groups attached to an aromatic ring is 1. The lowest BCUT2D eigenvalue weighted by atomic mass is 10.4. The van der Waals surface area contributed by atoms with Crippen molar-refractivity contribution in [1.29, 1.82) is 0 Å². The first-order valence-electron chi connectivity index (χ1n) is 5.38. The highest BCUT2D eigenvalue weighted by atomic mass is 16.5. The highest BCUT2D eigenvalue weighted by Crippen LogP contribution is 2.15. The Kier molecular flexibility index (Phi) is 3.26. The molecule has 0 unspecified atom stereocenters. The minimum Gasteiger partial charge on any atom is -0.464 e. The zero-order valence-corrected chi connectivity index (χ0v) is 10.2. The van der Waals surface area contributed by atoms with E-state index in [4.69, 9.17) is 5.73 Å². The molecule has 2 heterocycles. The van der Waals surface area contributed by atoms with Crippen molar-refractivity contribution < 1.29 is 9.53 Å². The van der Waals surface area contributed by atoms with Crippen molar-refractivity contribution in [2.24, 2.45) is 0 Å². The monoisotopic (exact) mass is 250 g/mol. The van der Waals surface area contributed by atoms with E-state index in [1.54, 1.807) is 11.5 Å². The molecule has 0 aliphatic carbocycles. The fourth-order valence-corrected chi connectivity index (χ4v) is 1.68. The van der Waals surface area contributed by atoms with Crippen molar-refractivity contribution >= 4 is 11.8 Å². The first-order valence-corrected chi connectivity index (χ1v) is 5.38. The van der Waals surface area contributed by atoms with Gasteiger partial charge in [0.1, 0.15) is 23.8 Å². The van der Waals surface area contributed by atoms with E-state index in [2.05, 4.69) is 24.9 Å². The maximum atomic E-state index is 11.4. The van der Waals surface area contributed by atoms with Gasteiger partial charge in [0, 0.05) is 13.0 Å². The molecule has 8 heteroatoms. The highest BCUT2D eigenvalue weighted by molar-refractivity contribution is 5.92. The van der Waals surface area contributed by atoms with Gasteiger partial charge in [0.25, 0.3) is 0 Å². The van der Waals surface area contributed by atoms with E-state index in [1.165, 1.54) is 13.4 Å². The van der Waals surface area contributed by atoms with Gasteiger partial charge in [-0.15, -0.1) is 0 Å². The third kappa shape index (κ3) is 2.17. The summed E-state index contributed by atoms with van der Waals surface area (Å²) >= 11 is 0. The Hall–Kier alpha value is -2.38. The van der Waals surface area contributed by atoms with Gasteiger partial charge in [-0.3, -0.25) is 5.10 Å². The first-order chi connectivity index (χ1) is 8.63. The number of rotatable bonds is 4. The maximum Gasteiger partial charge on any atom is 0.360 e. The van der Waals surface area contributed by atoms with E-state index >= 15 is 0 Å². The SMILES string of the molecule is COC(=O)c1nc(C)n(CCc2ncn[nH]2)c1N. The van der Waals surface area contributed by atoms with Gasteiger partial charge in [0.2, 0.25) is 0 Å². The molecule has 0 aromatic carbocycles. The number of carbonyl (C=O) groups excluding carboxylic acids is 1. The van der Waals surface area contributed by atoms with Crippen LogP contribution in [0.1, 0.15) is 22.1 Å². The summed E-state index contributed by atoms with van der Waals surface area (Å²) in [7, 11) is 1.30. The predicted octanol–water partition coefficient (Wildman–Crippen LogP) is -0.0789. The van der Waals surface area contributed by atoms with Gasteiger partial charge in [-0.05, 0) is 6.92 Å². The van der Waals surface area contributed by atoms with Crippen molar-refractivity contribution in [1.82, 2.24) is 24.7 Å². The fourth-order valence-electron chi connectivity index (χ4n) is 1.68. The summed E-state index contributed by atoms with van der Waals surface area (Å²) in [5, 5.41) is 6.52. The molecule has 0 saturated heterocycles. The number of aromatic amines is 1. The molecule has 2 aromatic heterocycles. The molecule has 0 bridgehead atoms. The largest absolute Gasteiger partial charge is 0.464 e. The summed E-state index contributed by atoms with van der Waals surface area (Å²) in [6, 6.07) is 0. The van der Waals surface area contributed by atoms with Gasteiger partial charge >= 0.3 is 5.97 Å². The van der Waals surface area contributed by atoms with Gasteiger partial charge in [-0.1, -0.05) is 0 Å². The van der Waals surface area contributed by atoms with Crippen LogP contribution in [0.15, 0.2) is 6.33 Å². The molecule has 3 N–H and O–H groups in total. The van der Waals surface area contributed by atoms with Crippen LogP contribution in [0.4, 0.5) is 5.82 Å². The number of methoxy groups -OCH3 is 1.